The summed E-state index contributed by atoms with van der Waals surface area (Å²) in [5.41, 5.74) is 0. The fourth-order valence-electron chi connectivity index (χ4n) is 6.58. The Kier molecular flexibility index (Phi) is 34.9. The van der Waals surface area contributed by atoms with Crippen LogP contribution in [-0.2, 0) is 18.4 Å². The Morgan fingerprint density at radius 3 is 1.31 bits per heavy atom. The molecule has 9 heteroatoms. The van der Waals surface area contributed by atoms with E-state index in [0.29, 0.717) is 23.9 Å². The molecule has 0 aliphatic rings. The minimum Gasteiger partial charge on any atom is -0.391 e. The van der Waals surface area contributed by atoms with Crippen LogP contribution in [0.5, 0.6) is 0 Å². The van der Waals surface area contributed by atoms with Crippen molar-refractivity contribution in [1.82, 2.24) is 5.32 Å². The number of carbonyl (C=O) groups is 1. The highest BCUT2D eigenvalue weighted by Gasteiger charge is 2.28. The first-order valence-corrected chi connectivity index (χ1v) is 23.4. The first-order valence-electron chi connectivity index (χ1n) is 21.9. The normalized spacial score (nSPS) is 14.4. The van der Waals surface area contributed by atoms with Crippen LogP contribution in [0.4, 0.5) is 0 Å². The molecule has 0 fully saturated rings. The third-order valence-electron chi connectivity index (χ3n) is 10.1. The molecule has 0 bridgehead atoms. The quantitative estimate of drug-likeness (QED) is 0.0327. The van der Waals surface area contributed by atoms with Gasteiger partial charge < -0.3 is 19.8 Å². The molecule has 0 saturated carbocycles. The summed E-state index contributed by atoms with van der Waals surface area (Å²) in [7, 11) is 1.62. The molecule has 0 aromatic heterocycles. The Balaban J connectivity index is 4.07. The monoisotopic (exact) mass is 748 g/mol. The van der Waals surface area contributed by atoms with E-state index >= 15 is 0 Å². The lowest BCUT2D eigenvalue weighted by molar-refractivity contribution is -0.870. The summed E-state index contributed by atoms with van der Waals surface area (Å²) in [6.07, 6.45) is 37.4. The molecule has 1 amide bonds. The second kappa shape index (κ2) is 35.2. The van der Waals surface area contributed by atoms with E-state index in [2.05, 4.69) is 19.2 Å². The highest BCUT2D eigenvalue weighted by molar-refractivity contribution is 7.47. The number of phosphoric acid groups is 1. The maximum absolute atomic E-state index is 12.7. The lowest BCUT2D eigenvalue weighted by atomic mass is 10.0. The largest absolute Gasteiger partial charge is 0.472 e. The van der Waals surface area contributed by atoms with E-state index in [1.165, 1.54) is 148 Å². The van der Waals surface area contributed by atoms with Gasteiger partial charge in [-0.25, -0.2) is 4.57 Å². The maximum Gasteiger partial charge on any atom is 0.472 e. The van der Waals surface area contributed by atoms with E-state index < -0.39 is 20.0 Å². The van der Waals surface area contributed by atoms with Crippen molar-refractivity contribution >= 4 is 13.7 Å². The summed E-state index contributed by atoms with van der Waals surface area (Å²) >= 11 is 0. The van der Waals surface area contributed by atoms with E-state index in [-0.39, 0.29) is 19.1 Å². The molecule has 51 heavy (non-hydrogen) atoms. The number of amides is 1. The van der Waals surface area contributed by atoms with Crippen LogP contribution in [0.3, 0.4) is 0 Å². The SMILES string of the molecule is CCCCCCCCCCCCCCCCCCCCCCCCCC(O)C(COP(=O)(O)OCC[N+](C)(C)C)NC(=O)CCCCCCCC. The van der Waals surface area contributed by atoms with Crippen molar-refractivity contribution in [3.8, 4) is 0 Å². The number of unbranched alkanes of at least 4 members (excludes halogenated alkanes) is 27. The summed E-state index contributed by atoms with van der Waals surface area (Å²) < 4.78 is 23.5. The molecule has 3 N–H and O–H groups in total. The third-order valence-corrected chi connectivity index (χ3v) is 11.1. The summed E-state index contributed by atoms with van der Waals surface area (Å²) in [6, 6.07) is -0.750. The Morgan fingerprint density at radius 2 is 0.941 bits per heavy atom. The van der Waals surface area contributed by atoms with E-state index in [4.69, 9.17) is 9.05 Å². The molecule has 0 aliphatic carbocycles. The zero-order chi connectivity index (χ0) is 37.9. The molecule has 0 spiro atoms. The van der Waals surface area contributed by atoms with Gasteiger partial charge in [-0.1, -0.05) is 194 Å². The van der Waals surface area contributed by atoms with Gasteiger partial charge in [-0.15, -0.1) is 0 Å². The van der Waals surface area contributed by atoms with Crippen molar-refractivity contribution < 1.29 is 32.9 Å². The minimum absolute atomic E-state index is 0.0778. The van der Waals surface area contributed by atoms with Crippen LogP contribution in [0.15, 0.2) is 0 Å². The summed E-state index contributed by atoms with van der Waals surface area (Å²) in [6.45, 7) is 4.84. The van der Waals surface area contributed by atoms with Crippen molar-refractivity contribution in [2.75, 3.05) is 40.9 Å². The Hall–Kier alpha value is -0.500. The average Bonchev–Trinajstić information content (AvgIpc) is 3.07. The lowest BCUT2D eigenvalue weighted by Crippen LogP contribution is -2.46. The molecule has 0 aliphatic heterocycles. The molecule has 8 nitrogen and oxygen atoms in total. The van der Waals surface area contributed by atoms with Gasteiger partial charge >= 0.3 is 7.82 Å². The van der Waals surface area contributed by atoms with Gasteiger partial charge in [0, 0.05) is 6.42 Å². The van der Waals surface area contributed by atoms with Crippen molar-refractivity contribution in [1.29, 1.82) is 0 Å². The molecule has 306 valence electrons. The van der Waals surface area contributed by atoms with Crippen molar-refractivity contribution in [2.45, 2.75) is 225 Å². The van der Waals surface area contributed by atoms with Gasteiger partial charge in [0.25, 0.3) is 0 Å². The van der Waals surface area contributed by atoms with Crippen LogP contribution >= 0.6 is 7.82 Å². The van der Waals surface area contributed by atoms with Crippen molar-refractivity contribution in [2.24, 2.45) is 0 Å². The molecule has 3 unspecified atom stereocenters. The zero-order valence-electron chi connectivity index (χ0n) is 34.6. The van der Waals surface area contributed by atoms with Gasteiger partial charge in [-0.2, -0.15) is 0 Å². The number of nitrogens with one attached hydrogen (secondary N) is 1. The summed E-state index contributed by atoms with van der Waals surface area (Å²) in [4.78, 5) is 22.9. The second-order valence-corrected chi connectivity index (χ2v) is 17.9. The molecule has 3 atom stereocenters. The van der Waals surface area contributed by atoms with Crippen LogP contribution in [0.25, 0.3) is 0 Å². The number of hydrogen-bond donors (Lipinski definition) is 3. The Morgan fingerprint density at radius 1 is 0.588 bits per heavy atom. The fraction of sp³-hybridized carbons (Fsp3) is 0.976. The van der Waals surface area contributed by atoms with E-state index in [1.807, 2.05) is 21.1 Å². The number of phosphoric ester groups is 1. The number of rotatable bonds is 40. The fourth-order valence-corrected chi connectivity index (χ4v) is 7.31. The molecule has 0 radical (unpaired) electrons. The first-order chi connectivity index (χ1) is 24.5. The van der Waals surface area contributed by atoms with Crippen molar-refractivity contribution in [3.63, 3.8) is 0 Å². The van der Waals surface area contributed by atoms with Crippen LogP contribution in [-0.4, -0.2) is 73.4 Å². The van der Waals surface area contributed by atoms with Gasteiger partial charge in [0.15, 0.2) is 0 Å². The number of nitrogens with zero attached hydrogens (tertiary/aromatic N) is 1. The first kappa shape index (κ1) is 50.5. The number of hydrogen-bond acceptors (Lipinski definition) is 5. The van der Waals surface area contributed by atoms with Gasteiger partial charge in [0.1, 0.15) is 13.2 Å². The second-order valence-electron chi connectivity index (χ2n) is 16.4. The van der Waals surface area contributed by atoms with Crippen LogP contribution in [0.1, 0.15) is 213 Å². The van der Waals surface area contributed by atoms with E-state index in [9.17, 15) is 19.4 Å². The van der Waals surface area contributed by atoms with Gasteiger partial charge in [0.05, 0.1) is 39.9 Å². The minimum atomic E-state index is -4.30. The number of likely N-dealkylation sites (N-methyl/N-ethyl adjacent to an activating group) is 1. The molecule has 0 aromatic rings. The molecule has 0 saturated heterocycles. The predicted molar refractivity (Wildman–Crippen MR) is 217 cm³/mol. The highest BCUT2D eigenvalue weighted by atomic mass is 31.2. The van der Waals surface area contributed by atoms with Crippen LogP contribution < -0.4 is 5.32 Å². The Bertz CT molecular complexity index is 809. The number of quaternary nitrogens is 1. The summed E-state index contributed by atoms with van der Waals surface area (Å²) in [5.74, 6) is -0.152. The average molecular weight is 748 g/mol. The highest BCUT2D eigenvalue weighted by Crippen LogP contribution is 2.43. The van der Waals surface area contributed by atoms with Crippen LogP contribution in [0.2, 0.25) is 0 Å². The predicted octanol–water partition coefficient (Wildman–Crippen LogP) is 11.8. The van der Waals surface area contributed by atoms with Crippen molar-refractivity contribution in [3.05, 3.63) is 0 Å². The Labute approximate surface area is 317 Å². The lowest BCUT2D eigenvalue weighted by Gasteiger charge is -2.26. The standard InChI is InChI=1S/C42H87N2O6P/c1-6-8-10-12-14-15-16-17-18-19-20-21-22-23-24-25-26-27-28-29-30-31-33-35-41(45)40(43-42(46)36-34-32-13-11-9-7-2)39-50-51(47,48)49-38-37-44(3,4)5/h40-41,45H,6-39H2,1-5H3,(H-,43,46,47,48)/p+1. The van der Waals surface area contributed by atoms with Gasteiger partial charge in [0.2, 0.25) is 5.91 Å². The number of carbonyl (C=O) groups excluding carboxylic acids is 1. The molecular weight excluding hydrogens is 659 g/mol. The third kappa shape index (κ3) is 37.6. The molecular formula is C42H88N2O6P+. The van der Waals surface area contributed by atoms with E-state index in [0.717, 1.165) is 38.5 Å². The molecule has 0 rings (SSSR count). The molecule has 0 heterocycles. The van der Waals surface area contributed by atoms with Gasteiger partial charge in [-0.05, 0) is 12.8 Å². The number of aliphatic hydroxyl groups excluding tert-OH is 1. The van der Waals surface area contributed by atoms with E-state index in [1.54, 1.807) is 0 Å². The topological polar surface area (TPSA) is 105 Å². The maximum atomic E-state index is 12.7. The smallest absolute Gasteiger partial charge is 0.391 e. The molecule has 0 aromatic carbocycles. The summed E-state index contributed by atoms with van der Waals surface area (Å²) in [5, 5.41) is 13.9. The van der Waals surface area contributed by atoms with Crippen LogP contribution in [0, 0.1) is 0 Å². The number of aliphatic hydroxyl groups is 1. The van der Waals surface area contributed by atoms with Gasteiger partial charge in [-0.3, -0.25) is 13.8 Å². The zero-order valence-corrected chi connectivity index (χ0v) is 35.5.